The minimum absolute atomic E-state index is 0.134. The van der Waals surface area contributed by atoms with Crippen molar-refractivity contribution >= 4 is 17.3 Å². The van der Waals surface area contributed by atoms with E-state index in [4.69, 9.17) is 0 Å². The minimum atomic E-state index is -0.920. The van der Waals surface area contributed by atoms with Crippen molar-refractivity contribution in [1.82, 2.24) is 0 Å². The monoisotopic (exact) mass is 248 g/mol. The van der Waals surface area contributed by atoms with Gasteiger partial charge in [0, 0.05) is 5.57 Å². The fraction of sp³-hybridized carbons (Fsp3) is 0.231. The van der Waals surface area contributed by atoms with E-state index in [0.29, 0.717) is 11.1 Å². The van der Waals surface area contributed by atoms with Crippen molar-refractivity contribution in [2.24, 2.45) is 0 Å². The smallest absolute Gasteiger partial charge is 0.237 e. The van der Waals surface area contributed by atoms with Gasteiger partial charge in [-0.3, -0.25) is 9.59 Å². The molecule has 0 aromatic heterocycles. The van der Waals surface area contributed by atoms with Crippen LogP contribution >= 0.6 is 0 Å². The van der Waals surface area contributed by atoms with Crippen LogP contribution in [0.5, 0.6) is 11.5 Å². The molecule has 2 rings (SSSR count). The standard InChI is InChI=1S/C13H12O5/c1-4-5(2)10(15)8-7(9(4)14)11(16)6(3)12(17)13(8)18/h14-16H,1-3H3. The van der Waals surface area contributed by atoms with E-state index in [1.165, 1.54) is 13.8 Å². The summed E-state index contributed by atoms with van der Waals surface area (Å²) in [6, 6.07) is 0. The molecule has 18 heavy (non-hydrogen) atoms. The van der Waals surface area contributed by atoms with Crippen LogP contribution in [0.1, 0.15) is 34.0 Å². The van der Waals surface area contributed by atoms with Gasteiger partial charge >= 0.3 is 0 Å². The molecule has 0 radical (unpaired) electrons. The Morgan fingerprint density at radius 3 is 1.67 bits per heavy atom. The number of fused-ring (bicyclic) bond motifs is 1. The van der Waals surface area contributed by atoms with Crippen LogP contribution in [0, 0.1) is 13.8 Å². The third kappa shape index (κ3) is 1.27. The van der Waals surface area contributed by atoms with Crippen LogP contribution in [0.4, 0.5) is 0 Å². The van der Waals surface area contributed by atoms with Crippen molar-refractivity contribution in [3.05, 3.63) is 27.8 Å². The Morgan fingerprint density at radius 1 is 0.722 bits per heavy atom. The zero-order valence-electron chi connectivity index (χ0n) is 10.2. The van der Waals surface area contributed by atoms with E-state index in [0.717, 1.165) is 0 Å². The molecule has 0 aliphatic heterocycles. The van der Waals surface area contributed by atoms with E-state index >= 15 is 0 Å². The number of carbonyl (C=O) groups excluding carboxylic acids is 2. The predicted molar refractivity (Wildman–Crippen MR) is 63.8 cm³/mol. The summed E-state index contributed by atoms with van der Waals surface area (Å²) in [4.78, 5) is 23.4. The maximum Gasteiger partial charge on any atom is 0.237 e. The second-order valence-electron chi connectivity index (χ2n) is 4.33. The van der Waals surface area contributed by atoms with E-state index in [1.54, 1.807) is 6.92 Å². The Labute approximate surface area is 103 Å². The predicted octanol–water partition coefficient (Wildman–Crippen LogP) is 1.77. The van der Waals surface area contributed by atoms with Gasteiger partial charge in [0.05, 0.1) is 11.1 Å². The second kappa shape index (κ2) is 3.60. The van der Waals surface area contributed by atoms with Gasteiger partial charge in [0.2, 0.25) is 11.6 Å². The SMILES string of the molecule is CC1=C(O)c2c(O)c(C)c(C)c(O)c2C(=O)C1=O. The van der Waals surface area contributed by atoms with Crippen LogP contribution in [0.3, 0.4) is 0 Å². The van der Waals surface area contributed by atoms with Crippen molar-refractivity contribution in [3.63, 3.8) is 0 Å². The molecule has 0 unspecified atom stereocenters. The first-order chi connectivity index (χ1) is 8.29. The molecule has 0 fully saturated rings. The van der Waals surface area contributed by atoms with Crippen LogP contribution in [-0.4, -0.2) is 26.9 Å². The van der Waals surface area contributed by atoms with E-state index in [9.17, 15) is 24.9 Å². The van der Waals surface area contributed by atoms with Crippen LogP contribution < -0.4 is 0 Å². The maximum atomic E-state index is 11.8. The fourth-order valence-electron chi connectivity index (χ4n) is 2.00. The third-order valence-corrected chi connectivity index (χ3v) is 3.36. The molecule has 5 heteroatoms. The number of aliphatic hydroxyl groups is 1. The largest absolute Gasteiger partial charge is 0.507 e. The van der Waals surface area contributed by atoms with E-state index < -0.39 is 17.3 Å². The molecule has 5 nitrogen and oxygen atoms in total. The summed E-state index contributed by atoms with van der Waals surface area (Å²) >= 11 is 0. The fourth-order valence-corrected chi connectivity index (χ4v) is 2.00. The van der Waals surface area contributed by atoms with Gasteiger partial charge in [0.1, 0.15) is 17.3 Å². The number of Topliss-reactive ketones (excluding diaryl/α,β-unsaturated/α-hetero) is 2. The lowest BCUT2D eigenvalue weighted by atomic mass is 9.85. The summed E-state index contributed by atoms with van der Waals surface area (Å²) in [7, 11) is 0. The van der Waals surface area contributed by atoms with Crippen molar-refractivity contribution in [2.45, 2.75) is 20.8 Å². The molecule has 0 saturated heterocycles. The summed E-state index contributed by atoms with van der Waals surface area (Å²) in [6.07, 6.45) is 0. The molecular formula is C13H12O5. The van der Waals surface area contributed by atoms with Crippen molar-refractivity contribution in [2.75, 3.05) is 0 Å². The molecule has 0 saturated carbocycles. The second-order valence-corrected chi connectivity index (χ2v) is 4.33. The molecule has 0 spiro atoms. The highest BCUT2D eigenvalue weighted by molar-refractivity contribution is 6.52. The lowest BCUT2D eigenvalue weighted by molar-refractivity contribution is -0.111. The normalized spacial score (nSPS) is 15.1. The molecule has 3 N–H and O–H groups in total. The average molecular weight is 248 g/mol. The van der Waals surface area contributed by atoms with E-state index in [2.05, 4.69) is 0 Å². The zero-order chi connectivity index (χ0) is 13.8. The Kier molecular flexibility index (Phi) is 2.43. The first-order valence-electron chi connectivity index (χ1n) is 5.33. The Bertz CT molecular complexity index is 638. The highest BCUT2D eigenvalue weighted by atomic mass is 16.3. The van der Waals surface area contributed by atoms with Gasteiger partial charge in [-0.1, -0.05) is 0 Å². The number of allylic oxidation sites excluding steroid dienone is 1. The molecule has 0 heterocycles. The summed E-state index contributed by atoms with van der Waals surface area (Å²) in [6.45, 7) is 4.36. The quantitative estimate of drug-likeness (QED) is 0.480. The lowest BCUT2D eigenvalue weighted by Crippen LogP contribution is -2.23. The number of rotatable bonds is 0. The third-order valence-electron chi connectivity index (χ3n) is 3.36. The summed E-state index contributed by atoms with van der Waals surface area (Å²) in [5.41, 5.74) is 0.0272. The van der Waals surface area contributed by atoms with Gasteiger partial charge in [-0.05, 0) is 31.9 Å². The van der Waals surface area contributed by atoms with Crippen LogP contribution in [0.25, 0.3) is 5.76 Å². The Hall–Kier alpha value is -2.30. The van der Waals surface area contributed by atoms with Crippen molar-refractivity contribution in [1.29, 1.82) is 0 Å². The average Bonchev–Trinajstić information content (AvgIpc) is 2.35. The van der Waals surface area contributed by atoms with Gasteiger partial charge in [-0.25, -0.2) is 0 Å². The highest BCUT2D eigenvalue weighted by Gasteiger charge is 2.36. The van der Waals surface area contributed by atoms with Gasteiger partial charge in [-0.2, -0.15) is 0 Å². The number of hydrogen-bond donors (Lipinski definition) is 3. The number of phenolic OH excluding ortho intramolecular Hbond substituents is 2. The van der Waals surface area contributed by atoms with Crippen molar-refractivity contribution < 1.29 is 24.9 Å². The molecule has 0 atom stereocenters. The van der Waals surface area contributed by atoms with Gasteiger partial charge < -0.3 is 15.3 Å². The highest BCUT2D eigenvalue weighted by Crippen LogP contribution is 2.43. The van der Waals surface area contributed by atoms with E-state index in [-0.39, 0.29) is 28.2 Å². The molecule has 0 amide bonds. The summed E-state index contributed by atoms with van der Waals surface area (Å²) in [5.74, 6) is -2.93. The maximum absolute atomic E-state index is 11.8. The molecule has 1 aromatic rings. The Balaban J connectivity index is 3.01. The summed E-state index contributed by atoms with van der Waals surface area (Å²) < 4.78 is 0. The van der Waals surface area contributed by atoms with Gasteiger partial charge in [-0.15, -0.1) is 0 Å². The molecular weight excluding hydrogens is 236 g/mol. The zero-order valence-corrected chi connectivity index (χ0v) is 10.2. The van der Waals surface area contributed by atoms with Gasteiger partial charge in [0.15, 0.2) is 0 Å². The summed E-state index contributed by atoms with van der Waals surface area (Å²) in [5, 5.41) is 29.8. The molecule has 1 aromatic carbocycles. The van der Waals surface area contributed by atoms with Crippen LogP contribution in [0.15, 0.2) is 5.57 Å². The molecule has 94 valence electrons. The molecule has 1 aliphatic rings. The first-order valence-corrected chi connectivity index (χ1v) is 5.33. The minimum Gasteiger partial charge on any atom is -0.507 e. The topological polar surface area (TPSA) is 94.8 Å². The number of aromatic hydroxyl groups is 2. The lowest BCUT2D eigenvalue weighted by Gasteiger charge is -2.20. The van der Waals surface area contributed by atoms with Crippen LogP contribution in [-0.2, 0) is 4.79 Å². The number of ketones is 2. The number of aliphatic hydroxyl groups excluding tert-OH is 1. The van der Waals surface area contributed by atoms with Crippen molar-refractivity contribution in [3.8, 4) is 11.5 Å². The number of phenols is 2. The first kappa shape index (κ1) is 12.2. The van der Waals surface area contributed by atoms with E-state index in [1.807, 2.05) is 0 Å². The number of hydrogen-bond acceptors (Lipinski definition) is 5. The van der Waals surface area contributed by atoms with Gasteiger partial charge in [0.25, 0.3) is 0 Å². The number of carbonyl (C=O) groups is 2. The molecule has 1 aliphatic carbocycles. The molecule has 0 bridgehead atoms. The Morgan fingerprint density at radius 2 is 1.17 bits per heavy atom. The van der Waals surface area contributed by atoms with Crippen LogP contribution in [0.2, 0.25) is 0 Å². The number of benzene rings is 1.